The summed E-state index contributed by atoms with van der Waals surface area (Å²) >= 11 is 0. The summed E-state index contributed by atoms with van der Waals surface area (Å²) in [5, 5.41) is 17.7. The number of sulfonamides is 1. The van der Waals surface area contributed by atoms with Gasteiger partial charge >= 0.3 is 0 Å². The summed E-state index contributed by atoms with van der Waals surface area (Å²) in [6, 6.07) is 6.76. The number of nitrogens with zero attached hydrogens (tertiary/aromatic N) is 6. The van der Waals surface area contributed by atoms with Crippen LogP contribution in [-0.4, -0.2) is 98.4 Å². The molecule has 3 heterocycles. The Labute approximate surface area is 185 Å². The van der Waals surface area contributed by atoms with Crippen LogP contribution >= 0.6 is 0 Å². The summed E-state index contributed by atoms with van der Waals surface area (Å²) in [5.74, 6) is -0.785. The van der Waals surface area contributed by atoms with Gasteiger partial charge in [-0.3, -0.25) is 4.90 Å². The van der Waals surface area contributed by atoms with E-state index < -0.39 is 26.6 Å². The van der Waals surface area contributed by atoms with Gasteiger partial charge in [0.05, 0.1) is 6.61 Å². The Morgan fingerprint density at radius 1 is 0.812 bits per heavy atom. The molecule has 0 amide bonds. The Morgan fingerprint density at radius 3 is 1.78 bits per heavy atom. The van der Waals surface area contributed by atoms with E-state index in [1.807, 2.05) is 17.0 Å². The van der Waals surface area contributed by atoms with Crippen molar-refractivity contribution >= 4 is 21.7 Å². The maximum Gasteiger partial charge on any atom is 0.249 e. The van der Waals surface area contributed by atoms with Crippen molar-refractivity contribution in [1.82, 2.24) is 19.4 Å². The topological polar surface area (TPSA) is 93.1 Å². The second-order valence-electron chi connectivity index (χ2n) is 7.74. The number of aliphatic hydroxyl groups excluding tert-OH is 1. The molecule has 4 rings (SSSR count). The highest BCUT2D eigenvalue weighted by molar-refractivity contribution is 7.89. The van der Waals surface area contributed by atoms with Crippen LogP contribution in [0.3, 0.4) is 0 Å². The average molecular weight is 469 g/mol. The van der Waals surface area contributed by atoms with Gasteiger partial charge in [0.2, 0.25) is 10.0 Å². The standard InChI is InChI=1S/C20H26F2N6O3S/c21-16-2-1-3-17(22)20(16)32(30,31)28-12-10-27(11-13-28)19-5-4-18(23-24-19)26-8-6-25(7-9-26)14-15-29/h1-5,29H,6-15H2. The second kappa shape index (κ2) is 9.61. The first-order valence-corrected chi connectivity index (χ1v) is 11.9. The van der Waals surface area contributed by atoms with Gasteiger partial charge in [0.15, 0.2) is 16.5 Å². The quantitative estimate of drug-likeness (QED) is 0.651. The van der Waals surface area contributed by atoms with Crippen LogP contribution < -0.4 is 9.80 Å². The van der Waals surface area contributed by atoms with Gasteiger partial charge in [0, 0.05) is 58.9 Å². The second-order valence-corrected chi connectivity index (χ2v) is 9.62. The molecule has 0 radical (unpaired) electrons. The van der Waals surface area contributed by atoms with Crippen LogP contribution in [0.15, 0.2) is 35.2 Å². The van der Waals surface area contributed by atoms with Crippen molar-refractivity contribution < 1.29 is 22.3 Å². The molecule has 2 saturated heterocycles. The number of piperazine rings is 2. The Morgan fingerprint density at radius 2 is 1.31 bits per heavy atom. The number of aliphatic hydroxyl groups is 1. The largest absolute Gasteiger partial charge is 0.395 e. The molecular formula is C20H26F2N6O3S. The van der Waals surface area contributed by atoms with E-state index in [4.69, 9.17) is 5.11 Å². The molecule has 2 aliphatic rings. The molecule has 1 aromatic heterocycles. The monoisotopic (exact) mass is 468 g/mol. The van der Waals surface area contributed by atoms with Gasteiger partial charge in [0.1, 0.15) is 11.6 Å². The summed E-state index contributed by atoms with van der Waals surface area (Å²) in [7, 11) is -4.26. The molecule has 1 N–H and O–H groups in total. The SMILES string of the molecule is O=S(=O)(c1c(F)cccc1F)N1CCN(c2ccc(N3CCN(CCO)CC3)nn2)CC1. The molecule has 0 saturated carbocycles. The van der Waals surface area contributed by atoms with E-state index in [0.29, 0.717) is 25.5 Å². The highest BCUT2D eigenvalue weighted by Crippen LogP contribution is 2.25. The van der Waals surface area contributed by atoms with Gasteiger partial charge < -0.3 is 14.9 Å². The van der Waals surface area contributed by atoms with E-state index in [2.05, 4.69) is 20.0 Å². The zero-order valence-electron chi connectivity index (χ0n) is 17.6. The Hall–Kier alpha value is -2.41. The summed E-state index contributed by atoms with van der Waals surface area (Å²) in [5.41, 5.74) is 0. The highest BCUT2D eigenvalue weighted by Gasteiger charge is 2.33. The first kappa shape index (κ1) is 22.8. The maximum atomic E-state index is 14.0. The molecule has 0 atom stereocenters. The lowest BCUT2D eigenvalue weighted by Gasteiger charge is -2.36. The van der Waals surface area contributed by atoms with Gasteiger partial charge in [-0.2, -0.15) is 4.31 Å². The lowest BCUT2D eigenvalue weighted by atomic mass is 10.3. The summed E-state index contributed by atoms with van der Waals surface area (Å²) in [4.78, 5) is 5.33. The minimum atomic E-state index is -4.26. The predicted molar refractivity (Wildman–Crippen MR) is 115 cm³/mol. The molecule has 2 aromatic rings. The summed E-state index contributed by atoms with van der Waals surface area (Å²) in [6.07, 6.45) is 0. The fourth-order valence-corrected chi connectivity index (χ4v) is 5.54. The fourth-order valence-electron chi connectivity index (χ4n) is 4.01. The molecule has 0 aliphatic carbocycles. The first-order valence-electron chi connectivity index (χ1n) is 10.5. The van der Waals surface area contributed by atoms with E-state index in [0.717, 1.165) is 54.5 Å². The van der Waals surface area contributed by atoms with E-state index in [1.54, 1.807) is 0 Å². The van der Waals surface area contributed by atoms with Gasteiger partial charge in [-0.15, -0.1) is 10.2 Å². The van der Waals surface area contributed by atoms with Crippen molar-refractivity contribution in [2.45, 2.75) is 4.90 Å². The molecule has 9 nitrogen and oxygen atoms in total. The minimum Gasteiger partial charge on any atom is -0.395 e. The van der Waals surface area contributed by atoms with Crippen LogP contribution in [0.2, 0.25) is 0 Å². The van der Waals surface area contributed by atoms with Gasteiger partial charge in [0.25, 0.3) is 0 Å². The number of benzene rings is 1. The summed E-state index contributed by atoms with van der Waals surface area (Å²) < 4.78 is 54.6. The Bertz CT molecular complexity index is 1000. The van der Waals surface area contributed by atoms with Gasteiger partial charge in [-0.1, -0.05) is 6.07 Å². The number of hydrogen-bond acceptors (Lipinski definition) is 8. The van der Waals surface area contributed by atoms with E-state index >= 15 is 0 Å². The molecule has 174 valence electrons. The third kappa shape index (κ3) is 4.68. The number of anilines is 2. The number of aromatic nitrogens is 2. The number of hydrogen-bond donors (Lipinski definition) is 1. The van der Waals surface area contributed by atoms with Crippen LogP contribution in [0.1, 0.15) is 0 Å². The molecule has 1 aromatic carbocycles. The molecular weight excluding hydrogens is 442 g/mol. The Kier molecular flexibility index (Phi) is 6.84. The molecule has 0 bridgehead atoms. The van der Waals surface area contributed by atoms with Crippen molar-refractivity contribution in [3.63, 3.8) is 0 Å². The van der Waals surface area contributed by atoms with Gasteiger partial charge in [-0.05, 0) is 24.3 Å². The molecule has 2 fully saturated rings. The zero-order valence-corrected chi connectivity index (χ0v) is 18.4. The van der Waals surface area contributed by atoms with E-state index in [1.165, 1.54) is 0 Å². The van der Waals surface area contributed by atoms with Crippen molar-refractivity contribution in [2.24, 2.45) is 0 Å². The number of halogens is 2. The maximum absolute atomic E-state index is 14.0. The van der Waals surface area contributed by atoms with Crippen molar-refractivity contribution in [1.29, 1.82) is 0 Å². The van der Waals surface area contributed by atoms with Crippen LogP contribution in [0.25, 0.3) is 0 Å². The van der Waals surface area contributed by atoms with Crippen molar-refractivity contribution in [3.05, 3.63) is 42.0 Å². The fraction of sp³-hybridized carbons (Fsp3) is 0.500. The molecule has 0 spiro atoms. The molecule has 32 heavy (non-hydrogen) atoms. The third-order valence-corrected chi connectivity index (χ3v) is 7.78. The lowest BCUT2D eigenvalue weighted by Crippen LogP contribution is -2.49. The van der Waals surface area contributed by atoms with Crippen molar-refractivity contribution in [2.75, 3.05) is 75.3 Å². The van der Waals surface area contributed by atoms with E-state index in [-0.39, 0.29) is 19.7 Å². The average Bonchev–Trinajstić information content (AvgIpc) is 2.80. The Balaban J connectivity index is 1.36. The van der Waals surface area contributed by atoms with Crippen LogP contribution in [0.4, 0.5) is 20.4 Å². The van der Waals surface area contributed by atoms with Crippen LogP contribution in [0.5, 0.6) is 0 Å². The highest BCUT2D eigenvalue weighted by atomic mass is 32.2. The zero-order chi connectivity index (χ0) is 22.7. The molecule has 0 unspecified atom stereocenters. The summed E-state index contributed by atoms with van der Waals surface area (Å²) in [6.45, 7) is 4.98. The lowest BCUT2D eigenvalue weighted by molar-refractivity contribution is 0.188. The predicted octanol–water partition coefficient (Wildman–Crippen LogP) is 0.380. The van der Waals surface area contributed by atoms with Crippen LogP contribution in [-0.2, 0) is 10.0 Å². The van der Waals surface area contributed by atoms with Gasteiger partial charge in [-0.25, -0.2) is 17.2 Å². The molecule has 2 aliphatic heterocycles. The number of β-amino-alcohol motifs (C(OH)–C–C–N with tert-alkyl or cyclic N) is 1. The van der Waals surface area contributed by atoms with Crippen molar-refractivity contribution in [3.8, 4) is 0 Å². The van der Waals surface area contributed by atoms with E-state index in [9.17, 15) is 17.2 Å². The molecule has 12 heteroatoms. The normalized spacial score (nSPS) is 18.8. The number of rotatable bonds is 6. The first-order chi connectivity index (χ1) is 15.4. The smallest absolute Gasteiger partial charge is 0.249 e. The third-order valence-electron chi connectivity index (χ3n) is 5.83. The van der Waals surface area contributed by atoms with Crippen LogP contribution in [0, 0.1) is 11.6 Å². The minimum absolute atomic E-state index is 0.0896.